The van der Waals surface area contributed by atoms with Crippen LogP contribution in [0.2, 0.25) is 0 Å². The number of thioether (sulfide) groups is 1. The molecule has 5 heteroatoms. The zero-order chi connectivity index (χ0) is 12.3. The molecule has 1 aromatic heterocycles. The Balaban J connectivity index is 2.06. The van der Waals surface area contributed by atoms with Crippen LogP contribution < -0.4 is 10.2 Å². The van der Waals surface area contributed by atoms with Crippen molar-refractivity contribution in [2.24, 2.45) is 0 Å². The van der Waals surface area contributed by atoms with E-state index >= 15 is 0 Å². The molecule has 94 valence electrons. The topological polar surface area (TPSA) is 41.1 Å². The van der Waals surface area contributed by atoms with E-state index in [1.165, 1.54) is 0 Å². The van der Waals surface area contributed by atoms with Crippen LogP contribution >= 0.6 is 11.8 Å². The molecule has 1 N–H and O–H groups in total. The van der Waals surface area contributed by atoms with E-state index in [0.29, 0.717) is 10.5 Å². The average Bonchev–Trinajstić information content (AvgIpc) is 2.29. The van der Waals surface area contributed by atoms with Gasteiger partial charge in [-0.2, -0.15) is 11.8 Å². The highest BCUT2D eigenvalue weighted by Crippen LogP contribution is 2.27. The van der Waals surface area contributed by atoms with Gasteiger partial charge in [0, 0.05) is 30.1 Å². The maximum absolute atomic E-state index is 4.50. The van der Waals surface area contributed by atoms with Gasteiger partial charge >= 0.3 is 0 Å². The van der Waals surface area contributed by atoms with Gasteiger partial charge in [-0.25, -0.2) is 4.98 Å². The molecule has 2 unspecified atom stereocenters. The van der Waals surface area contributed by atoms with E-state index in [0.717, 1.165) is 31.1 Å². The van der Waals surface area contributed by atoms with Gasteiger partial charge in [0.1, 0.15) is 5.82 Å². The molecule has 0 radical (unpaired) electrons. The number of aromatic nitrogens is 2. The number of nitrogens with one attached hydrogen (secondary N) is 1. The zero-order valence-corrected chi connectivity index (χ0v) is 11.5. The van der Waals surface area contributed by atoms with Gasteiger partial charge in [0.15, 0.2) is 0 Å². The Kier molecular flexibility index (Phi) is 4.23. The molecule has 17 heavy (non-hydrogen) atoms. The Morgan fingerprint density at radius 3 is 2.53 bits per heavy atom. The van der Waals surface area contributed by atoms with E-state index < -0.39 is 0 Å². The van der Waals surface area contributed by atoms with Gasteiger partial charge in [-0.05, 0) is 7.05 Å². The lowest BCUT2D eigenvalue weighted by atomic mass is 10.3. The van der Waals surface area contributed by atoms with Crippen molar-refractivity contribution in [3.8, 4) is 0 Å². The minimum absolute atomic E-state index is 0.664. The van der Waals surface area contributed by atoms with E-state index in [2.05, 4.69) is 45.8 Å². The van der Waals surface area contributed by atoms with Crippen LogP contribution in [0.15, 0.2) is 12.4 Å². The van der Waals surface area contributed by atoms with Crippen molar-refractivity contribution in [1.29, 1.82) is 0 Å². The largest absolute Gasteiger partial charge is 0.353 e. The molecule has 0 spiro atoms. The Labute approximate surface area is 107 Å². The number of anilines is 1. The van der Waals surface area contributed by atoms with Crippen molar-refractivity contribution < 1.29 is 0 Å². The molecule has 1 aliphatic heterocycles. The maximum atomic E-state index is 4.50. The van der Waals surface area contributed by atoms with Crippen molar-refractivity contribution in [2.75, 3.05) is 25.0 Å². The fraction of sp³-hybridized carbons (Fsp3) is 0.667. The number of nitrogens with zero attached hydrogens (tertiary/aromatic N) is 3. The summed E-state index contributed by atoms with van der Waals surface area (Å²) in [5.74, 6) is 1.00. The molecule has 1 aromatic rings. The van der Waals surface area contributed by atoms with E-state index in [-0.39, 0.29) is 0 Å². The molecule has 0 bridgehead atoms. The minimum atomic E-state index is 0.664. The SMILES string of the molecule is CNCc1cnc(N2CC(C)SC(C)C2)cn1. The summed E-state index contributed by atoms with van der Waals surface area (Å²) < 4.78 is 0. The third kappa shape index (κ3) is 3.33. The molecule has 1 aliphatic rings. The van der Waals surface area contributed by atoms with Crippen LogP contribution in [0.4, 0.5) is 5.82 Å². The minimum Gasteiger partial charge on any atom is -0.353 e. The Bertz CT molecular complexity index is 344. The quantitative estimate of drug-likeness (QED) is 0.883. The Hall–Kier alpha value is -0.810. The van der Waals surface area contributed by atoms with Crippen molar-refractivity contribution in [2.45, 2.75) is 30.9 Å². The number of hydrogen-bond acceptors (Lipinski definition) is 5. The second-order valence-corrected chi connectivity index (χ2v) is 6.44. The van der Waals surface area contributed by atoms with E-state index in [4.69, 9.17) is 0 Å². The molecule has 2 atom stereocenters. The van der Waals surface area contributed by atoms with E-state index in [1.807, 2.05) is 19.4 Å². The third-order valence-corrected chi connectivity index (χ3v) is 4.02. The first-order valence-electron chi connectivity index (χ1n) is 6.05. The highest BCUT2D eigenvalue weighted by atomic mass is 32.2. The predicted molar refractivity (Wildman–Crippen MR) is 73.5 cm³/mol. The summed E-state index contributed by atoms with van der Waals surface area (Å²) in [7, 11) is 1.92. The summed E-state index contributed by atoms with van der Waals surface area (Å²) in [5.41, 5.74) is 0.990. The fourth-order valence-corrected chi connectivity index (χ4v) is 3.47. The monoisotopic (exact) mass is 252 g/mol. The average molecular weight is 252 g/mol. The number of rotatable bonds is 3. The van der Waals surface area contributed by atoms with Gasteiger partial charge < -0.3 is 10.2 Å². The zero-order valence-electron chi connectivity index (χ0n) is 10.7. The molecule has 4 nitrogen and oxygen atoms in total. The summed E-state index contributed by atoms with van der Waals surface area (Å²) in [4.78, 5) is 11.3. The van der Waals surface area contributed by atoms with Gasteiger partial charge in [-0.1, -0.05) is 13.8 Å². The van der Waals surface area contributed by atoms with E-state index in [9.17, 15) is 0 Å². The summed E-state index contributed by atoms with van der Waals surface area (Å²) >= 11 is 2.05. The van der Waals surface area contributed by atoms with Crippen molar-refractivity contribution >= 4 is 17.6 Å². The second-order valence-electron chi connectivity index (χ2n) is 4.56. The number of hydrogen-bond donors (Lipinski definition) is 1. The molecule has 2 heterocycles. The van der Waals surface area contributed by atoms with Crippen LogP contribution in [-0.2, 0) is 6.54 Å². The van der Waals surface area contributed by atoms with Gasteiger partial charge in [-0.15, -0.1) is 0 Å². The molecular formula is C12H20N4S. The fourth-order valence-electron chi connectivity index (χ4n) is 2.15. The summed E-state index contributed by atoms with van der Waals surface area (Å²) in [6, 6.07) is 0. The normalized spacial score (nSPS) is 25.0. The predicted octanol–water partition coefficient (Wildman–Crippen LogP) is 1.53. The molecule has 0 aromatic carbocycles. The van der Waals surface area contributed by atoms with Gasteiger partial charge in [0.05, 0.1) is 18.1 Å². The maximum Gasteiger partial charge on any atom is 0.147 e. The lowest BCUT2D eigenvalue weighted by Crippen LogP contribution is -2.40. The van der Waals surface area contributed by atoms with Gasteiger partial charge in [0.2, 0.25) is 0 Å². The summed E-state index contributed by atoms with van der Waals surface area (Å²) in [5, 5.41) is 4.41. The lowest BCUT2D eigenvalue weighted by molar-refractivity contribution is 0.711. The van der Waals surface area contributed by atoms with Crippen LogP contribution in [0.25, 0.3) is 0 Å². The molecule has 0 amide bonds. The Morgan fingerprint density at radius 1 is 1.29 bits per heavy atom. The summed E-state index contributed by atoms with van der Waals surface area (Å²) in [6.45, 7) is 7.45. The lowest BCUT2D eigenvalue weighted by Gasteiger charge is -2.35. The molecule has 0 saturated carbocycles. The van der Waals surface area contributed by atoms with Gasteiger partial charge in [-0.3, -0.25) is 4.98 Å². The van der Waals surface area contributed by atoms with Crippen LogP contribution in [0.1, 0.15) is 19.5 Å². The standard InChI is InChI=1S/C12H20N4S/c1-9-7-16(8-10(2)17-9)12-6-14-11(4-13-3)5-15-12/h5-6,9-10,13H,4,7-8H2,1-3H3. The molecule has 1 fully saturated rings. The van der Waals surface area contributed by atoms with Crippen molar-refractivity contribution in [1.82, 2.24) is 15.3 Å². The first-order valence-corrected chi connectivity index (χ1v) is 6.99. The first-order chi connectivity index (χ1) is 8.19. The van der Waals surface area contributed by atoms with Crippen LogP contribution in [-0.4, -0.2) is 40.6 Å². The smallest absolute Gasteiger partial charge is 0.147 e. The highest BCUT2D eigenvalue weighted by molar-refractivity contribution is 8.00. The van der Waals surface area contributed by atoms with Crippen molar-refractivity contribution in [3.63, 3.8) is 0 Å². The molecular weight excluding hydrogens is 232 g/mol. The van der Waals surface area contributed by atoms with Crippen LogP contribution in [0.3, 0.4) is 0 Å². The molecule has 0 aliphatic carbocycles. The summed E-state index contributed by atoms with van der Waals surface area (Å²) in [6.07, 6.45) is 3.75. The third-order valence-electron chi connectivity index (χ3n) is 2.79. The second kappa shape index (κ2) is 5.69. The van der Waals surface area contributed by atoms with Gasteiger partial charge in [0.25, 0.3) is 0 Å². The van der Waals surface area contributed by atoms with Crippen molar-refractivity contribution in [3.05, 3.63) is 18.1 Å². The van der Waals surface area contributed by atoms with E-state index in [1.54, 1.807) is 0 Å². The highest BCUT2D eigenvalue weighted by Gasteiger charge is 2.23. The Morgan fingerprint density at radius 2 is 2.00 bits per heavy atom. The molecule has 2 rings (SSSR count). The van der Waals surface area contributed by atoms with Crippen LogP contribution in [0.5, 0.6) is 0 Å². The first kappa shape index (κ1) is 12.6. The molecule has 1 saturated heterocycles. The van der Waals surface area contributed by atoms with Crippen LogP contribution in [0, 0.1) is 0 Å².